The van der Waals surface area contributed by atoms with E-state index in [1.807, 2.05) is 4.68 Å². The molecule has 2 rings (SSSR count). The zero-order chi connectivity index (χ0) is 13.1. The molecule has 3 nitrogen and oxygen atoms in total. The van der Waals surface area contributed by atoms with E-state index in [4.69, 9.17) is 0 Å². The van der Waals surface area contributed by atoms with Crippen molar-refractivity contribution in [2.45, 2.75) is 58.9 Å². The highest BCUT2D eigenvalue weighted by atomic mass is 79.9. The molecule has 0 aromatic carbocycles. The molecule has 0 atom stereocenters. The Labute approximate surface area is 117 Å². The van der Waals surface area contributed by atoms with Gasteiger partial charge in [0.05, 0.1) is 15.9 Å². The van der Waals surface area contributed by atoms with E-state index >= 15 is 0 Å². The van der Waals surface area contributed by atoms with Crippen LogP contribution in [0.2, 0.25) is 0 Å². The number of hydrogen-bond donors (Lipinski definition) is 0. The third kappa shape index (κ3) is 2.85. The molecule has 0 saturated heterocycles. The molecule has 0 N–H and O–H groups in total. The maximum absolute atomic E-state index is 12.1. The van der Waals surface area contributed by atoms with E-state index < -0.39 is 0 Å². The summed E-state index contributed by atoms with van der Waals surface area (Å²) in [5, 5.41) is 4.53. The van der Waals surface area contributed by atoms with Crippen molar-refractivity contribution in [3.8, 4) is 0 Å². The summed E-state index contributed by atoms with van der Waals surface area (Å²) in [4.78, 5) is 12.1. The van der Waals surface area contributed by atoms with Gasteiger partial charge in [-0.05, 0) is 35.2 Å². The Kier molecular flexibility index (Phi) is 4.60. The predicted molar refractivity (Wildman–Crippen MR) is 75.6 cm³/mol. The molecule has 0 bridgehead atoms. The minimum absolute atomic E-state index is 0.359. The first-order chi connectivity index (χ1) is 8.65. The Bertz CT molecular complexity index is 435. The summed E-state index contributed by atoms with van der Waals surface area (Å²) in [6.07, 6.45) is 5.95. The molecule has 0 amide bonds. The minimum Gasteiger partial charge on any atom is -0.299 e. The topological polar surface area (TPSA) is 34.9 Å². The van der Waals surface area contributed by atoms with Gasteiger partial charge in [-0.1, -0.05) is 26.2 Å². The number of rotatable bonds is 6. The maximum Gasteiger partial charge on any atom is 0.139 e. The monoisotopic (exact) mass is 312 g/mol. The average Bonchev–Trinajstić information content (AvgIpc) is 2.61. The molecular formula is C14H21BrN2O. The second-order valence-corrected chi connectivity index (χ2v) is 5.89. The summed E-state index contributed by atoms with van der Waals surface area (Å²) in [5.74, 6) is 1.01. The molecule has 4 heteroatoms. The van der Waals surface area contributed by atoms with Crippen molar-refractivity contribution in [1.29, 1.82) is 0 Å². The van der Waals surface area contributed by atoms with Crippen LogP contribution in [0, 0.1) is 5.92 Å². The fraction of sp³-hybridized carbons (Fsp3) is 0.714. The van der Waals surface area contributed by atoms with Crippen LogP contribution in [0.25, 0.3) is 0 Å². The van der Waals surface area contributed by atoms with Crippen molar-refractivity contribution >= 4 is 21.7 Å². The lowest BCUT2D eigenvalue weighted by Crippen LogP contribution is -2.18. The van der Waals surface area contributed by atoms with Crippen LogP contribution in [-0.2, 0) is 24.2 Å². The zero-order valence-electron chi connectivity index (χ0n) is 11.2. The Hall–Kier alpha value is -0.640. The van der Waals surface area contributed by atoms with Crippen LogP contribution in [0.4, 0.5) is 0 Å². The van der Waals surface area contributed by atoms with Gasteiger partial charge < -0.3 is 0 Å². The lowest BCUT2D eigenvalue weighted by atomic mass is 9.81. The maximum atomic E-state index is 12.1. The molecule has 1 aliphatic rings. The Morgan fingerprint density at radius 1 is 1.44 bits per heavy atom. The lowest BCUT2D eigenvalue weighted by molar-refractivity contribution is -0.120. The Balaban J connectivity index is 2.06. The molecule has 0 aliphatic heterocycles. The molecule has 0 unspecified atom stereocenters. The van der Waals surface area contributed by atoms with Gasteiger partial charge in [-0.2, -0.15) is 5.10 Å². The van der Waals surface area contributed by atoms with Crippen LogP contribution in [0.15, 0.2) is 4.47 Å². The van der Waals surface area contributed by atoms with Gasteiger partial charge in [0, 0.05) is 19.4 Å². The molecule has 1 saturated carbocycles. The van der Waals surface area contributed by atoms with E-state index in [1.165, 1.54) is 19.3 Å². The molecule has 1 aliphatic carbocycles. The minimum atomic E-state index is 0.359. The van der Waals surface area contributed by atoms with Gasteiger partial charge in [-0.3, -0.25) is 9.48 Å². The number of carbonyl (C=O) groups is 1. The Morgan fingerprint density at radius 2 is 2.17 bits per heavy atom. The predicted octanol–water partition coefficient (Wildman–Crippen LogP) is 3.53. The quantitative estimate of drug-likeness (QED) is 0.805. The van der Waals surface area contributed by atoms with Crippen LogP contribution in [0.3, 0.4) is 0 Å². The van der Waals surface area contributed by atoms with Crippen molar-refractivity contribution < 1.29 is 4.79 Å². The summed E-state index contributed by atoms with van der Waals surface area (Å²) in [6.45, 7) is 4.98. The number of carbonyl (C=O) groups excluding carboxylic acids is 1. The van der Waals surface area contributed by atoms with Crippen molar-refractivity contribution in [2.75, 3.05) is 0 Å². The summed E-state index contributed by atoms with van der Waals surface area (Å²) in [7, 11) is 0. The van der Waals surface area contributed by atoms with Crippen molar-refractivity contribution in [2.24, 2.45) is 5.92 Å². The van der Waals surface area contributed by atoms with Crippen molar-refractivity contribution in [3.05, 3.63) is 15.9 Å². The molecule has 0 radical (unpaired) electrons. The molecule has 18 heavy (non-hydrogen) atoms. The number of aromatic nitrogens is 2. The van der Waals surface area contributed by atoms with E-state index in [0.29, 0.717) is 18.1 Å². The second-order valence-electron chi connectivity index (χ2n) is 5.09. The van der Waals surface area contributed by atoms with Gasteiger partial charge in [0.1, 0.15) is 5.78 Å². The van der Waals surface area contributed by atoms with Crippen molar-refractivity contribution in [1.82, 2.24) is 9.78 Å². The van der Waals surface area contributed by atoms with E-state index in [0.717, 1.165) is 35.2 Å². The number of halogens is 1. The zero-order valence-corrected chi connectivity index (χ0v) is 12.8. The summed E-state index contributed by atoms with van der Waals surface area (Å²) < 4.78 is 3.00. The number of hydrogen-bond acceptors (Lipinski definition) is 2. The largest absolute Gasteiger partial charge is 0.299 e. The molecule has 1 aromatic heterocycles. The molecule has 100 valence electrons. The van der Waals surface area contributed by atoms with Crippen LogP contribution in [-0.4, -0.2) is 15.6 Å². The van der Waals surface area contributed by atoms with E-state index in [-0.39, 0.29) is 0 Å². The second kappa shape index (κ2) is 6.00. The van der Waals surface area contributed by atoms with Crippen LogP contribution in [0.5, 0.6) is 0 Å². The SMILES string of the molecule is CCc1nn(CC)c(CC(=O)CC2CCC2)c1Br. The van der Waals surface area contributed by atoms with Gasteiger partial charge in [0.15, 0.2) is 0 Å². The van der Waals surface area contributed by atoms with Gasteiger partial charge in [-0.25, -0.2) is 0 Å². The molecule has 0 spiro atoms. The van der Waals surface area contributed by atoms with Gasteiger partial charge in [-0.15, -0.1) is 0 Å². The average molecular weight is 313 g/mol. The highest BCUT2D eigenvalue weighted by molar-refractivity contribution is 9.10. The Morgan fingerprint density at radius 3 is 2.67 bits per heavy atom. The van der Waals surface area contributed by atoms with Crippen molar-refractivity contribution in [3.63, 3.8) is 0 Å². The van der Waals surface area contributed by atoms with Crippen LogP contribution in [0.1, 0.15) is 50.9 Å². The third-order valence-corrected chi connectivity index (χ3v) is 4.72. The molecule has 1 heterocycles. The van der Waals surface area contributed by atoms with Crippen LogP contribution < -0.4 is 0 Å². The lowest BCUT2D eigenvalue weighted by Gasteiger charge is -2.24. The number of Topliss-reactive ketones (excluding diaryl/α,β-unsaturated/α-hetero) is 1. The summed E-state index contributed by atoms with van der Waals surface area (Å²) in [5.41, 5.74) is 2.11. The third-order valence-electron chi connectivity index (χ3n) is 3.80. The summed E-state index contributed by atoms with van der Waals surface area (Å²) in [6, 6.07) is 0. The number of ketones is 1. The smallest absolute Gasteiger partial charge is 0.139 e. The molecule has 1 fully saturated rings. The first kappa shape index (κ1) is 13.8. The highest BCUT2D eigenvalue weighted by Gasteiger charge is 2.23. The number of nitrogens with zero attached hydrogens (tertiary/aromatic N) is 2. The molecular weight excluding hydrogens is 292 g/mol. The first-order valence-corrected chi connectivity index (χ1v) is 7.70. The van der Waals surface area contributed by atoms with Gasteiger partial charge in [0.25, 0.3) is 0 Å². The van der Waals surface area contributed by atoms with Crippen LogP contribution >= 0.6 is 15.9 Å². The van der Waals surface area contributed by atoms with Gasteiger partial charge in [0.2, 0.25) is 0 Å². The fourth-order valence-corrected chi connectivity index (χ4v) is 3.17. The fourth-order valence-electron chi connectivity index (χ4n) is 2.46. The van der Waals surface area contributed by atoms with E-state index in [9.17, 15) is 4.79 Å². The normalized spacial score (nSPS) is 15.7. The van der Waals surface area contributed by atoms with E-state index in [1.54, 1.807) is 0 Å². The highest BCUT2D eigenvalue weighted by Crippen LogP contribution is 2.30. The molecule has 1 aromatic rings. The first-order valence-electron chi connectivity index (χ1n) is 6.91. The standard InChI is InChI=1S/C14H21BrN2O/c1-3-12-14(15)13(17(4-2)16-12)9-11(18)8-10-6-5-7-10/h10H,3-9H2,1-2H3. The van der Waals surface area contributed by atoms with Gasteiger partial charge >= 0.3 is 0 Å². The number of aryl methyl sites for hydroxylation is 2. The summed E-state index contributed by atoms with van der Waals surface area (Å²) >= 11 is 3.59. The van der Waals surface area contributed by atoms with E-state index in [2.05, 4.69) is 34.9 Å².